The molecule has 4 rings (SSSR count). The standard InChI is InChI=1S/C31H36F2N4O2/c1-20-29(31(38)39-3)30(25-12-15-27(32)28(33)18-25)37(21(2)36-20)17-5-4-16-35-26-13-10-24(11-14-26)23-8-6-22(19-34)7-9-23/h6-9,12,15,18,24,26,30,35H,4-5,10-11,13-14,16-17H2,1-3H3. The van der Waals surface area contributed by atoms with Crippen LogP contribution in [0.2, 0.25) is 0 Å². The molecule has 1 saturated carbocycles. The first-order valence-corrected chi connectivity index (χ1v) is 13.6. The summed E-state index contributed by atoms with van der Waals surface area (Å²) < 4.78 is 32.9. The number of amidine groups is 1. The maximum Gasteiger partial charge on any atom is 0.338 e. The second-order valence-electron chi connectivity index (χ2n) is 10.4. The molecule has 1 aliphatic heterocycles. The summed E-state index contributed by atoms with van der Waals surface area (Å²) in [6, 6.07) is 13.8. The number of allylic oxidation sites excluding steroid dienone is 1. The van der Waals surface area contributed by atoms with E-state index in [0.717, 1.165) is 63.0 Å². The zero-order chi connectivity index (χ0) is 27.9. The first kappa shape index (κ1) is 28.4. The number of benzene rings is 2. The van der Waals surface area contributed by atoms with Gasteiger partial charge in [0.2, 0.25) is 0 Å². The van der Waals surface area contributed by atoms with Gasteiger partial charge in [-0.2, -0.15) is 5.26 Å². The molecule has 1 unspecified atom stereocenters. The van der Waals surface area contributed by atoms with Gasteiger partial charge in [-0.05, 0) is 100 Å². The van der Waals surface area contributed by atoms with E-state index in [1.54, 1.807) is 6.92 Å². The Morgan fingerprint density at radius 3 is 2.38 bits per heavy atom. The lowest BCUT2D eigenvalue weighted by atomic mass is 9.81. The van der Waals surface area contributed by atoms with E-state index in [1.807, 2.05) is 24.0 Å². The Kier molecular flexibility index (Phi) is 9.47. The molecule has 8 heteroatoms. The van der Waals surface area contributed by atoms with Gasteiger partial charge in [0, 0.05) is 12.6 Å². The van der Waals surface area contributed by atoms with E-state index >= 15 is 0 Å². The van der Waals surface area contributed by atoms with Crippen LogP contribution in [0.25, 0.3) is 0 Å². The van der Waals surface area contributed by atoms with Crippen LogP contribution < -0.4 is 5.32 Å². The Balaban J connectivity index is 1.31. The number of unbranched alkanes of at least 4 members (excludes halogenated alkanes) is 1. The number of nitrogens with one attached hydrogen (secondary N) is 1. The summed E-state index contributed by atoms with van der Waals surface area (Å²) in [5, 5.41) is 12.7. The highest BCUT2D eigenvalue weighted by Gasteiger charge is 2.35. The summed E-state index contributed by atoms with van der Waals surface area (Å²) >= 11 is 0. The molecule has 1 aliphatic carbocycles. The van der Waals surface area contributed by atoms with E-state index in [9.17, 15) is 13.6 Å². The smallest absolute Gasteiger partial charge is 0.338 e. The molecule has 2 aromatic carbocycles. The van der Waals surface area contributed by atoms with Gasteiger partial charge in [-0.1, -0.05) is 18.2 Å². The number of hydrogen-bond acceptors (Lipinski definition) is 6. The fourth-order valence-electron chi connectivity index (χ4n) is 5.77. The fourth-order valence-corrected chi connectivity index (χ4v) is 5.77. The first-order valence-electron chi connectivity index (χ1n) is 13.6. The number of aliphatic imine (C=N–C) groups is 1. The van der Waals surface area contributed by atoms with Gasteiger partial charge in [-0.15, -0.1) is 0 Å². The maximum atomic E-state index is 14.2. The second kappa shape index (κ2) is 13.0. The minimum atomic E-state index is -0.951. The zero-order valence-electron chi connectivity index (χ0n) is 22.8. The molecule has 39 heavy (non-hydrogen) atoms. The molecular formula is C31H36F2N4O2. The number of nitrogens with zero attached hydrogens (tertiary/aromatic N) is 3. The van der Waals surface area contributed by atoms with E-state index < -0.39 is 23.6 Å². The molecule has 0 bridgehead atoms. The lowest BCUT2D eigenvalue weighted by molar-refractivity contribution is -0.136. The van der Waals surface area contributed by atoms with Crippen molar-refractivity contribution >= 4 is 11.8 Å². The number of rotatable bonds is 9. The third-order valence-corrected chi connectivity index (χ3v) is 7.88. The third-order valence-electron chi connectivity index (χ3n) is 7.88. The highest BCUT2D eigenvalue weighted by Crippen LogP contribution is 2.37. The quantitative estimate of drug-likeness (QED) is 0.308. The van der Waals surface area contributed by atoms with Crippen molar-refractivity contribution in [3.63, 3.8) is 0 Å². The predicted octanol–water partition coefficient (Wildman–Crippen LogP) is 6.15. The number of ether oxygens (including phenoxy) is 1. The van der Waals surface area contributed by atoms with E-state index in [0.29, 0.717) is 40.9 Å². The van der Waals surface area contributed by atoms with E-state index in [1.165, 1.54) is 18.7 Å². The Labute approximate surface area is 229 Å². The molecule has 2 aliphatic rings. The van der Waals surface area contributed by atoms with Crippen LogP contribution in [-0.2, 0) is 9.53 Å². The minimum absolute atomic E-state index is 0.339. The molecule has 2 aromatic rings. The number of hydrogen-bond donors (Lipinski definition) is 1. The molecule has 0 saturated heterocycles. The lowest BCUT2D eigenvalue weighted by Gasteiger charge is -2.38. The van der Waals surface area contributed by atoms with Crippen LogP contribution >= 0.6 is 0 Å². The topological polar surface area (TPSA) is 77.7 Å². The molecule has 1 atom stereocenters. The van der Waals surface area contributed by atoms with Crippen molar-refractivity contribution in [3.05, 3.63) is 82.1 Å². The maximum absolute atomic E-state index is 14.2. The van der Waals surface area contributed by atoms with E-state index in [2.05, 4.69) is 28.5 Å². The third kappa shape index (κ3) is 6.72. The van der Waals surface area contributed by atoms with Crippen LogP contribution in [0.3, 0.4) is 0 Å². The van der Waals surface area contributed by atoms with Crippen LogP contribution in [0.15, 0.2) is 58.7 Å². The minimum Gasteiger partial charge on any atom is -0.466 e. The molecule has 6 nitrogen and oxygen atoms in total. The molecule has 1 N–H and O–H groups in total. The summed E-state index contributed by atoms with van der Waals surface area (Å²) in [4.78, 5) is 19.2. The van der Waals surface area contributed by atoms with E-state index in [-0.39, 0.29) is 0 Å². The lowest BCUT2D eigenvalue weighted by Crippen LogP contribution is -2.40. The van der Waals surface area contributed by atoms with Gasteiger partial charge in [0.1, 0.15) is 5.84 Å². The summed E-state index contributed by atoms with van der Waals surface area (Å²) in [7, 11) is 1.31. The normalized spacial score (nSPS) is 21.4. The Morgan fingerprint density at radius 2 is 1.74 bits per heavy atom. The van der Waals surface area contributed by atoms with Crippen molar-refractivity contribution in [1.29, 1.82) is 5.26 Å². The predicted molar refractivity (Wildman–Crippen MR) is 147 cm³/mol. The van der Waals surface area contributed by atoms with Crippen LogP contribution in [-0.4, -0.2) is 42.9 Å². The molecule has 0 spiro atoms. The number of carbonyl (C=O) groups is 1. The monoisotopic (exact) mass is 534 g/mol. The van der Waals surface area contributed by atoms with Crippen molar-refractivity contribution in [1.82, 2.24) is 10.2 Å². The number of halogens is 2. The van der Waals surface area contributed by atoms with Crippen molar-refractivity contribution in [2.24, 2.45) is 4.99 Å². The number of nitriles is 1. The average molecular weight is 535 g/mol. The molecule has 0 amide bonds. The van der Waals surface area contributed by atoms with Gasteiger partial charge in [-0.3, -0.25) is 0 Å². The SMILES string of the molecule is COC(=O)C1=C(C)N=C(C)N(CCCCNC2CCC(c3ccc(C#N)cc3)CC2)C1c1ccc(F)c(F)c1. The van der Waals surface area contributed by atoms with Crippen molar-refractivity contribution in [2.45, 2.75) is 70.4 Å². The van der Waals surface area contributed by atoms with E-state index in [4.69, 9.17) is 10.00 Å². The Bertz CT molecular complexity index is 1270. The van der Waals surface area contributed by atoms with Crippen molar-refractivity contribution < 1.29 is 18.3 Å². The van der Waals surface area contributed by atoms with Gasteiger partial charge < -0.3 is 15.0 Å². The molecule has 1 fully saturated rings. The van der Waals surface area contributed by atoms with Gasteiger partial charge in [0.25, 0.3) is 0 Å². The number of carbonyl (C=O) groups excluding carboxylic acids is 1. The molecular weight excluding hydrogens is 498 g/mol. The summed E-state index contributed by atoms with van der Waals surface area (Å²) in [5.74, 6) is -1.13. The Hall–Kier alpha value is -3.57. The van der Waals surface area contributed by atoms with Crippen molar-refractivity contribution in [3.8, 4) is 6.07 Å². The second-order valence-corrected chi connectivity index (χ2v) is 10.4. The molecule has 1 heterocycles. The highest BCUT2D eigenvalue weighted by molar-refractivity contribution is 5.95. The van der Waals surface area contributed by atoms with Crippen LogP contribution in [0, 0.1) is 23.0 Å². The number of methoxy groups -OCH3 is 1. The van der Waals surface area contributed by atoms with Crippen LogP contribution in [0.5, 0.6) is 0 Å². The van der Waals surface area contributed by atoms with Crippen molar-refractivity contribution in [2.75, 3.05) is 20.2 Å². The van der Waals surface area contributed by atoms with Gasteiger partial charge in [0.15, 0.2) is 11.6 Å². The summed E-state index contributed by atoms with van der Waals surface area (Å²) in [5.41, 5.74) is 3.36. The number of esters is 1. The molecule has 0 radical (unpaired) electrons. The first-order chi connectivity index (χ1) is 18.8. The van der Waals surface area contributed by atoms with Gasteiger partial charge in [-0.25, -0.2) is 18.6 Å². The average Bonchev–Trinajstić information content (AvgIpc) is 2.95. The zero-order valence-corrected chi connectivity index (χ0v) is 22.8. The van der Waals surface area contributed by atoms with Gasteiger partial charge in [0.05, 0.1) is 36.1 Å². The van der Waals surface area contributed by atoms with Crippen LogP contribution in [0.4, 0.5) is 8.78 Å². The highest BCUT2D eigenvalue weighted by atomic mass is 19.2. The summed E-state index contributed by atoms with van der Waals surface area (Å²) in [6.45, 7) is 5.10. The largest absolute Gasteiger partial charge is 0.466 e. The molecule has 0 aromatic heterocycles. The van der Waals surface area contributed by atoms with Gasteiger partial charge >= 0.3 is 5.97 Å². The Morgan fingerprint density at radius 1 is 1.05 bits per heavy atom. The summed E-state index contributed by atoms with van der Waals surface area (Å²) in [6.07, 6.45) is 6.27. The van der Waals surface area contributed by atoms with Crippen LogP contribution in [0.1, 0.15) is 81.0 Å². The molecule has 206 valence electrons. The fraction of sp³-hybridized carbons (Fsp3) is 0.452.